The lowest BCUT2D eigenvalue weighted by Crippen LogP contribution is -2.19. The van der Waals surface area contributed by atoms with Gasteiger partial charge in [-0.1, -0.05) is 19.3 Å². The molecule has 19 heavy (non-hydrogen) atoms. The van der Waals surface area contributed by atoms with E-state index < -0.39 is 10.0 Å². The second-order valence-electron chi connectivity index (χ2n) is 4.79. The second-order valence-corrected chi connectivity index (χ2v) is 8.01. The van der Waals surface area contributed by atoms with E-state index in [4.69, 9.17) is 5.73 Å². The molecule has 0 spiro atoms. The Morgan fingerprint density at radius 3 is 2.53 bits per heavy atom. The van der Waals surface area contributed by atoms with Crippen molar-refractivity contribution in [3.05, 3.63) is 18.2 Å². The van der Waals surface area contributed by atoms with Crippen molar-refractivity contribution in [1.29, 1.82) is 0 Å². The number of nitrogens with two attached hydrogens (primary N) is 1. The summed E-state index contributed by atoms with van der Waals surface area (Å²) in [5.41, 5.74) is 6.17. The van der Waals surface area contributed by atoms with Gasteiger partial charge in [0.2, 0.25) is 10.0 Å². The monoisotopic (exact) mass is 300 g/mol. The minimum absolute atomic E-state index is 0.156. The first kappa shape index (κ1) is 14.7. The predicted molar refractivity (Wildman–Crippen MR) is 79.8 cm³/mol. The van der Waals surface area contributed by atoms with Crippen molar-refractivity contribution in [3.8, 4) is 0 Å². The van der Waals surface area contributed by atoms with E-state index in [-0.39, 0.29) is 4.90 Å². The van der Waals surface area contributed by atoms with Crippen LogP contribution < -0.4 is 10.5 Å². The Balaban J connectivity index is 2.14. The quantitative estimate of drug-likeness (QED) is 0.838. The molecule has 6 heteroatoms. The first-order chi connectivity index (χ1) is 9.03. The van der Waals surface area contributed by atoms with Gasteiger partial charge < -0.3 is 5.73 Å². The van der Waals surface area contributed by atoms with E-state index in [1.807, 2.05) is 17.8 Å². The van der Waals surface area contributed by atoms with Crippen LogP contribution in [0.3, 0.4) is 0 Å². The molecule has 0 saturated heterocycles. The fraction of sp³-hybridized carbons (Fsp3) is 0.538. The molecule has 1 aromatic carbocycles. The Labute approximate surface area is 119 Å². The van der Waals surface area contributed by atoms with Gasteiger partial charge in [-0.25, -0.2) is 13.1 Å². The zero-order chi connectivity index (χ0) is 13.9. The molecule has 0 amide bonds. The molecule has 106 valence electrons. The molecule has 0 radical (unpaired) electrons. The number of nitrogens with one attached hydrogen (secondary N) is 1. The van der Waals surface area contributed by atoms with Crippen LogP contribution in [0.15, 0.2) is 28.0 Å². The summed E-state index contributed by atoms with van der Waals surface area (Å²) in [6.45, 7) is 0. The number of nitrogen functional groups attached to an aromatic ring is 1. The highest BCUT2D eigenvalue weighted by Gasteiger charge is 2.18. The van der Waals surface area contributed by atoms with Crippen LogP contribution in [0.1, 0.15) is 32.1 Å². The maximum atomic E-state index is 11.7. The van der Waals surface area contributed by atoms with Crippen LogP contribution in [0.5, 0.6) is 0 Å². The Bertz CT molecular complexity index is 538. The van der Waals surface area contributed by atoms with E-state index in [0.29, 0.717) is 10.9 Å². The topological polar surface area (TPSA) is 72.2 Å². The lowest BCUT2D eigenvalue weighted by atomic mass is 10.0. The summed E-state index contributed by atoms with van der Waals surface area (Å²) in [7, 11) is -2.07. The molecule has 2 rings (SSSR count). The van der Waals surface area contributed by atoms with Crippen LogP contribution in [-0.2, 0) is 10.0 Å². The minimum atomic E-state index is -3.46. The summed E-state index contributed by atoms with van der Waals surface area (Å²) in [4.78, 5) is 1.21. The summed E-state index contributed by atoms with van der Waals surface area (Å²) in [5.74, 6) is 0. The Hall–Kier alpha value is -0.720. The summed E-state index contributed by atoms with van der Waals surface area (Å²) in [5, 5.41) is 0.639. The van der Waals surface area contributed by atoms with Crippen LogP contribution in [-0.4, -0.2) is 20.7 Å². The van der Waals surface area contributed by atoms with E-state index in [0.717, 1.165) is 4.90 Å². The zero-order valence-corrected chi connectivity index (χ0v) is 12.7. The molecular weight excluding hydrogens is 280 g/mol. The number of hydrogen-bond donors (Lipinski definition) is 2. The number of sulfonamides is 1. The third-order valence-corrected chi connectivity index (χ3v) is 6.21. The van der Waals surface area contributed by atoms with Gasteiger partial charge in [0.05, 0.1) is 5.69 Å². The molecular formula is C13H20N2O2S2. The maximum Gasteiger partial charge on any atom is 0.242 e. The highest BCUT2D eigenvalue weighted by molar-refractivity contribution is 8.00. The lowest BCUT2D eigenvalue weighted by molar-refractivity contribution is 0.516. The number of hydrogen-bond acceptors (Lipinski definition) is 4. The van der Waals surface area contributed by atoms with Crippen molar-refractivity contribution >= 4 is 27.5 Å². The van der Waals surface area contributed by atoms with Crippen LogP contribution in [0.25, 0.3) is 0 Å². The largest absolute Gasteiger partial charge is 0.398 e. The van der Waals surface area contributed by atoms with Crippen molar-refractivity contribution in [1.82, 2.24) is 4.72 Å². The van der Waals surface area contributed by atoms with Crippen molar-refractivity contribution < 1.29 is 8.42 Å². The average molecular weight is 300 g/mol. The molecule has 1 aliphatic rings. The first-order valence-electron chi connectivity index (χ1n) is 6.52. The van der Waals surface area contributed by atoms with Gasteiger partial charge in [-0.05, 0) is 38.1 Å². The highest BCUT2D eigenvalue weighted by Crippen LogP contribution is 2.35. The van der Waals surface area contributed by atoms with Gasteiger partial charge >= 0.3 is 0 Å². The fourth-order valence-corrected chi connectivity index (χ4v) is 4.46. The van der Waals surface area contributed by atoms with Gasteiger partial charge in [0.25, 0.3) is 0 Å². The van der Waals surface area contributed by atoms with E-state index in [1.54, 1.807) is 12.1 Å². The Kier molecular flexibility index (Phi) is 4.76. The third-order valence-electron chi connectivity index (χ3n) is 3.39. The molecule has 3 N–H and O–H groups in total. The van der Waals surface area contributed by atoms with Crippen molar-refractivity contribution in [2.24, 2.45) is 0 Å². The molecule has 0 atom stereocenters. The highest BCUT2D eigenvalue weighted by atomic mass is 32.2. The van der Waals surface area contributed by atoms with Gasteiger partial charge in [-0.3, -0.25) is 0 Å². The molecule has 1 aromatic rings. The summed E-state index contributed by atoms with van der Waals surface area (Å²) in [6, 6.07) is 5.20. The normalized spacial score (nSPS) is 17.5. The predicted octanol–water partition coefficient (Wildman–Crippen LogP) is 2.60. The van der Waals surface area contributed by atoms with Crippen molar-refractivity contribution in [2.75, 3.05) is 12.8 Å². The standard InChI is InChI=1S/C13H20N2O2S2/c1-15-19(16,17)13-8-7-11(9-12(13)14)18-10-5-3-2-4-6-10/h7-10,15H,2-6,14H2,1H3. The smallest absolute Gasteiger partial charge is 0.242 e. The van der Waals surface area contributed by atoms with E-state index in [2.05, 4.69) is 4.72 Å². The van der Waals surface area contributed by atoms with Gasteiger partial charge in [0, 0.05) is 10.1 Å². The molecule has 1 aliphatic carbocycles. The van der Waals surface area contributed by atoms with Gasteiger partial charge in [0.15, 0.2) is 0 Å². The average Bonchev–Trinajstić information content (AvgIpc) is 2.39. The number of thioether (sulfide) groups is 1. The number of benzene rings is 1. The van der Waals surface area contributed by atoms with E-state index >= 15 is 0 Å². The molecule has 1 saturated carbocycles. The minimum Gasteiger partial charge on any atom is -0.398 e. The first-order valence-corrected chi connectivity index (χ1v) is 8.89. The van der Waals surface area contributed by atoms with Crippen molar-refractivity contribution in [3.63, 3.8) is 0 Å². The summed E-state index contributed by atoms with van der Waals surface area (Å²) in [6.07, 6.45) is 6.39. The third kappa shape index (κ3) is 3.64. The van der Waals surface area contributed by atoms with E-state index in [1.165, 1.54) is 39.2 Å². The maximum absolute atomic E-state index is 11.7. The van der Waals surface area contributed by atoms with Crippen LogP contribution in [0.4, 0.5) is 5.69 Å². The summed E-state index contributed by atoms with van der Waals surface area (Å²) >= 11 is 1.81. The van der Waals surface area contributed by atoms with Gasteiger partial charge in [-0.2, -0.15) is 0 Å². The molecule has 4 nitrogen and oxygen atoms in total. The van der Waals surface area contributed by atoms with Crippen LogP contribution in [0, 0.1) is 0 Å². The Morgan fingerprint density at radius 1 is 1.26 bits per heavy atom. The molecule has 0 heterocycles. The van der Waals surface area contributed by atoms with Crippen LogP contribution in [0.2, 0.25) is 0 Å². The van der Waals surface area contributed by atoms with Gasteiger partial charge in [0.1, 0.15) is 4.90 Å². The van der Waals surface area contributed by atoms with E-state index in [9.17, 15) is 8.42 Å². The van der Waals surface area contributed by atoms with Gasteiger partial charge in [-0.15, -0.1) is 11.8 Å². The van der Waals surface area contributed by atoms with Crippen LogP contribution >= 0.6 is 11.8 Å². The fourth-order valence-electron chi connectivity index (χ4n) is 2.33. The lowest BCUT2D eigenvalue weighted by Gasteiger charge is -2.21. The SMILES string of the molecule is CNS(=O)(=O)c1ccc(SC2CCCCC2)cc1N. The number of rotatable bonds is 4. The molecule has 0 bridgehead atoms. The molecule has 0 aromatic heterocycles. The number of anilines is 1. The molecule has 1 fully saturated rings. The van der Waals surface area contributed by atoms with Crippen molar-refractivity contribution in [2.45, 2.75) is 47.1 Å². The molecule has 0 aliphatic heterocycles. The second kappa shape index (κ2) is 6.15. The Morgan fingerprint density at radius 2 is 1.95 bits per heavy atom. The summed E-state index contributed by atoms with van der Waals surface area (Å²) < 4.78 is 25.7. The molecule has 0 unspecified atom stereocenters. The zero-order valence-electron chi connectivity index (χ0n) is 11.1.